The van der Waals surface area contributed by atoms with E-state index in [0.29, 0.717) is 0 Å². The molecular weight excluding hydrogens is 246 g/mol. The minimum Gasteiger partial charge on any atom is -0.284 e. The van der Waals surface area contributed by atoms with Crippen molar-refractivity contribution in [1.82, 2.24) is 0 Å². The van der Waals surface area contributed by atoms with Crippen LogP contribution in [0.4, 0.5) is 0 Å². The summed E-state index contributed by atoms with van der Waals surface area (Å²) < 4.78 is 24.4. The smallest absolute Gasteiger partial charge is 0.284 e. The molecule has 0 aliphatic heterocycles. The van der Waals surface area contributed by atoms with Gasteiger partial charge < -0.3 is 0 Å². The van der Waals surface area contributed by atoms with Gasteiger partial charge in [0.15, 0.2) is 0 Å². The van der Waals surface area contributed by atoms with Gasteiger partial charge in [-0.1, -0.05) is 46.4 Å². The molecule has 0 aliphatic rings. The van der Waals surface area contributed by atoms with Crippen LogP contribution in [0.3, 0.4) is 0 Å². The molecule has 0 bridgehead atoms. The Labute approximate surface area is 77.9 Å². The van der Waals surface area contributed by atoms with E-state index in [1.807, 2.05) is 0 Å². The maximum atomic E-state index is 10.1. The molecule has 62 valence electrons. The van der Waals surface area contributed by atoms with E-state index in [2.05, 4.69) is 0 Å². The molecular formula is C2H2Cl4O3S. The summed E-state index contributed by atoms with van der Waals surface area (Å²) in [5, 5.41) is 0. The van der Waals surface area contributed by atoms with Crippen LogP contribution in [-0.2, 0) is 10.1 Å². The zero-order valence-electron chi connectivity index (χ0n) is 4.26. The molecule has 0 rings (SSSR count). The third-order valence-corrected chi connectivity index (χ3v) is 3.78. The fourth-order valence-corrected chi connectivity index (χ4v) is 1.52. The molecule has 3 nitrogen and oxygen atoms in total. The first kappa shape index (κ1) is 11.1. The lowest BCUT2D eigenvalue weighted by Crippen LogP contribution is -2.28. The first-order chi connectivity index (χ1) is 4.15. The molecule has 0 saturated carbocycles. The summed E-state index contributed by atoms with van der Waals surface area (Å²) in [5.41, 5.74) is 0. The number of alkyl halides is 4. The Bertz CT molecular complexity index is 203. The van der Waals surface area contributed by atoms with Crippen LogP contribution in [0.2, 0.25) is 0 Å². The van der Waals surface area contributed by atoms with Gasteiger partial charge in [-0.3, -0.25) is 4.55 Å². The molecule has 0 saturated heterocycles. The van der Waals surface area contributed by atoms with Gasteiger partial charge in [-0.2, -0.15) is 8.42 Å². The van der Waals surface area contributed by atoms with Crippen molar-refractivity contribution >= 4 is 56.5 Å². The highest BCUT2D eigenvalue weighted by molar-refractivity contribution is 7.88. The lowest BCUT2D eigenvalue weighted by Gasteiger charge is -2.13. The Morgan fingerprint density at radius 3 is 1.60 bits per heavy atom. The van der Waals surface area contributed by atoms with E-state index in [4.69, 9.17) is 51.0 Å². The van der Waals surface area contributed by atoms with Gasteiger partial charge >= 0.3 is 0 Å². The molecule has 1 atom stereocenters. The van der Waals surface area contributed by atoms with Gasteiger partial charge in [-0.15, -0.1) is 0 Å². The Hall–Kier alpha value is 1.07. The predicted octanol–water partition coefficient (Wildman–Crippen LogP) is 1.81. The van der Waals surface area contributed by atoms with Crippen LogP contribution in [0.25, 0.3) is 0 Å². The molecule has 0 aromatic rings. The molecule has 0 aromatic heterocycles. The molecule has 0 radical (unpaired) electrons. The molecule has 0 aromatic carbocycles. The van der Waals surface area contributed by atoms with Crippen molar-refractivity contribution in [1.29, 1.82) is 0 Å². The predicted molar refractivity (Wildman–Crippen MR) is 41.5 cm³/mol. The summed E-state index contributed by atoms with van der Waals surface area (Å²) in [5.74, 6) is 0. The summed E-state index contributed by atoms with van der Waals surface area (Å²) in [7, 11) is -4.49. The van der Waals surface area contributed by atoms with Gasteiger partial charge in [0.2, 0.25) is 8.50 Å². The van der Waals surface area contributed by atoms with Crippen LogP contribution in [0.15, 0.2) is 0 Å². The Morgan fingerprint density at radius 1 is 1.30 bits per heavy atom. The first-order valence-corrected chi connectivity index (χ1v) is 4.90. The lowest BCUT2D eigenvalue weighted by atomic mass is 10.9. The minimum absolute atomic E-state index is 1.94. The van der Waals surface area contributed by atoms with E-state index >= 15 is 0 Å². The molecule has 10 heavy (non-hydrogen) atoms. The van der Waals surface area contributed by atoms with Gasteiger partial charge in [-0.05, 0) is 0 Å². The standard InChI is InChI=1S/C2H2Cl4O3S/c3-1(2(4,5)6)10(7,8)9/h1H,(H,7,8,9). The van der Waals surface area contributed by atoms with Crippen molar-refractivity contribution in [3.63, 3.8) is 0 Å². The summed E-state index contributed by atoms with van der Waals surface area (Å²) >= 11 is 20.1. The highest BCUT2D eigenvalue weighted by atomic mass is 35.6. The summed E-state index contributed by atoms with van der Waals surface area (Å²) in [4.78, 5) is 0. The van der Waals surface area contributed by atoms with E-state index < -0.39 is 18.6 Å². The van der Waals surface area contributed by atoms with Crippen LogP contribution >= 0.6 is 46.4 Å². The topological polar surface area (TPSA) is 54.4 Å². The Kier molecular flexibility index (Phi) is 3.55. The van der Waals surface area contributed by atoms with E-state index in [1.165, 1.54) is 0 Å². The first-order valence-electron chi connectivity index (χ1n) is 1.83. The largest absolute Gasteiger partial charge is 0.286 e. The van der Waals surface area contributed by atoms with E-state index in [0.717, 1.165) is 0 Å². The zero-order chi connectivity index (χ0) is 8.58. The number of hydrogen-bond acceptors (Lipinski definition) is 2. The minimum atomic E-state index is -4.49. The third kappa shape index (κ3) is 3.46. The third-order valence-electron chi connectivity index (χ3n) is 0.519. The lowest BCUT2D eigenvalue weighted by molar-refractivity contribution is 0.479. The second-order valence-electron chi connectivity index (χ2n) is 1.37. The monoisotopic (exact) mass is 246 g/mol. The normalized spacial score (nSPS) is 16.9. The average Bonchev–Trinajstić information content (AvgIpc) is 1.59. The highest BCUT2D eigenvalue weighted by Gasteiger charge is 2.40. The van der Waals surface area contributed by atoms with Crippen LogP contribution in [0.5, 0.6) is 0 Å². The van der Waals surface area contributed by atoms with Crippen molar-refractivity contribution in [3.8, 4) is 0 Å². The van der Waals surface area contributed by atoms with E-state index in [1.54, 1.807) is 0 Å². The second-order valence-corrected chi connectivity index (χ2v) is 5.94. The second kappa shape index (κ2) is 3.21. The van der Waals surface area contributed by atoms with Crippen molar-refractivity contribution in [2.45, 2.75) is 8.50 Å². The van der Waals surface area contributed by atoms with Gasteiger partial charge in [0.1, 0.15) is 0 Å². The van der Waals surface area contributed by atoms with Crippen molar-refractivity contribution in [2.75, 3.05) is 0 Å². The molecule has 0 spiro atoms. The summed E-state index contributed by atoms with van der Waals surface area (Å²) in [6.07, 6.45) is 0. The van der Waals surface area contributed by atoms with Gasteiger partial charge in [-0.25, -0.2) is 0 Å². The van der Waals surface area contributed by atoms with Crippen LogP contribution < -0.4 is 0 Å². The van der Waals surface area contributed by atoms with Crippen LogP contribution in [0, 0.1) is 0 Å². The van der Waals surface area contributed by atoms with Crippen molar-refractivity contribution in [3.05, 3.63) is 0 Å². The molecule has 1 unspecified atom stereocenters. The Balaban J connectivity index is 4.56. The van der Waals surface area contributed by atoms with Gasteiger partial charge in [0.05, 0.1) is 0 Å². The van der Waals surface area contributed by atoms with E-state index in [9.17, 15) is 8.42 Å². The quantitative estimate of drug-likeness (QED) is 0.568. The number of rotatable bonds is 1. The van der Waals surface area contributed by atoms with Crippen LogP contribution in [-0.4, -0.2) is 21.5 Å². The highest BCUT2D eigenvalue weighted by Crippen LogP contribution is 2.36. The van der Waals surface area contributed by atoms with Crippen molar-refractivity contribution < 1.29 is 13.0 Å². The summed E-state index contributed by atoms with van der Waals surface area (Å²) in [6, 6.07) is 0. The average molecular weight is 248 g/mol. The van der Waals surface area contributed by atoms with E-state index in [-0.39, 0.29) is 0 Å². The molecule has 0 aliphatic carbocycles. The molecule has 1 N–H and O–H groups in total. The van der Waals surface area contributed by atoms with Gasteiger partial charge in [0, 0.05) is 0 Å². The van der Waals surface area contributed by atoms with Gasteiger partial charge in [0.25, 0.3) is 10.1 Å². The fourth-order valence-electron chi connectivity index (χ4n) is 0.169. The summed E-state index contributed by atoms with van der Waals surface area (Å²) in [6.45, 7) is 0. The maximum Gasteiger partial charge on any atom is 0.286 e. The fraction of sp³-hybridized carbons (Fsp3) is 1.00. The number of halogens is 4. The zero-order valence-corrected chi connectivity index (χ0v) is 8.10. The molecule has 8 heteroatoms. The Morgan fingerprint density at radius 2 is 1.60 bits per heavy atom. The van der Waals surface area contributed by atoms with Crippen molar-refractivity contribution in [2.24, 2.45) is 0 Å². The molecule has 0 amide bonds. The molecule has 0 heterocycles. The molecule has 0 fully saturated rings. The maximum absolute atomic E-state index is 10.1. The number of hydrogen-bond donors (Lipinski definition) is 1. The van der Waals surface area contributed by atoms with Crippen LogP contribution in [0.1, 0.15) is 0 Å². The SMILES string of the molecule is O=S(=O)(O)C(Cl)C(Cl)(Cl)Cl.